The Labute approximate surface area is 202 Å². The third kappa shape index (κ3) is 6.53. The van der Waals surface area contributed by atoms with E-state index in [1.54, 1.807) is 0 Å². The van der Waals surface area contributed by atoms with Gasteiger partial charge in [0.1, 0.15) is 11.9 Å². The van der Waals surface area contributed by atoms with Crippen molar-refractivity contribution in [3.8, 4) is 16.9 Å². The van der Waals surface area contributed by atoms with Crippen molar-refractivity contribution >= 4 is 5.91 Å². The van der Waals surface area contributed by atoms with Gasteiger partial charge in [-0.3, -0.25) is 4.79 Å². The van der Waals surface area contributed by atoms with Crippen molar-refractivity contribution in [1.29, 1.82) is 0 Å². The van der Waals surface area contributed by atoms with Gasteiger partial charge in [0.05, 0.1) is 11.8 Å². The zero-order chi connectivity index (χ0) is 23.8. The number of carbonyl (C=O) groups excluding carboxylic acids is 1. The molecule has 7 heteroatoms. The van der Waals surface area contributed by atoms with Crippen LogP contribution in [0.2, 0.25) is 0 Å². The highest BCUT2D eigenvalue weighted by Crippen LogP contribution is 2.28. The number of aromatic nitrogens is 2. The molecule has 34 heavy (non-hydrogen) atoms. The molecule has 2 aliphatic rings. The number of benzene rings is 1. The van der Waals surface area contributed by atoms with E-state index in [0.717, 1.165) is 61.2 Å². The lowest BCUT2D eigenvalue weighted by atomic mass is 9.96. The summed E-state index contributed by atoms with van der Waals surface area (Å²) >= 11 is 0. The number of alkyl halides is 1. The quantitative estimate of drug-likeness (QED) is 0.549. The first kappa shape index (κ1) is 24.6. The fourth-order valence-electron chi connectivity index (χ4n) is 4.81. The fraction of sp³-hybridized carbons (Fsp3) is 0.593. The number of hydrogen-bond donors (Lipinski definition) is 2. The van der Waals surface area contributed by atoms with Gasteiger partial charge in [0.25, 0.3) is 5.91 Å². The Hall–Kier alpha value is -2.54. The van der Waals surface area contributed by atoms with E-state index in [0.29, 0.717) is 25.6 Å². The van der Waals surface area contributed by atoms with Gasteiger partial charge in [-0.2, -0.15) is 5.10 Å². The van der Waals surface area contributed by atoms with Crippen LogP contribution in [-0.4, -0.2) is 48.0 Å². The lowest BCUT2D eigenvalue weighted by Gasteiger charge is -2.26. The molecule has 1 saturated heterocycles. The van der Waals surface area contributed by atoms with E-state index in [9.17, 15) is 9.18 Å². The number of nitrogens with zero attached hydrogens (tertiary/aromatic N) is 2. The van der Waals surface area contributed by atoms with Gasteiger partial charge in [0.2, 0.25) is 0 Å². The number of piperidine rings is 1. The Bertz CT molecular complexity index is 931. The van der Waals surface area contributed by atoms with Crippen molar-refractivity contribution in [2.75, 3.05) is 19.6 Å². The second-order valence-electron chi connectivity index (χ2n) is 9.57. The highest BCUT2D eigenvalue weighted by Gasteiger charge is 2.25. The van der Waals surface area contributed by atoms with E-state index >= 15 is 0 Å². The van der Waals surface area contributed by atoms with Gasteiger partial charge in [0, 0.05) is 24.6 Å². The first-order valence-electron chi connectivity index (χ1n) is 12.9. The van der Waals surface area contributed by atoms with Crippen LogP contribution in [0, 0.1) is 5.92 Å². The second kappa shape index (κ2) is 12.2. The van der Waals surface area contributed by atoms with Crippen LogP contribution >= 0.6 is 0 Å². The van der Waals surface area contributed by atoms with E-state index in [1.807, 2.05) is 30.3 Å². The van der Waals surface area contributed by atoms with Gasteiger partial charge in [0.15, 0.2) is 5.69 Å². The number of nitrogens with one attached hydrogen (secondary N) is 2. The predicted molar refractivity (Wildman–Crippen MR) is 132 cm³/mol. The maximum Gasteiger partial charge on any atom is 0.271 e. The standard InChI is InChI=1S/C27H37FN4O2/c1-2-3-9-25-23(19-10-12-22(13-11-19)34-21-7-5-4-6-8-21)16-26(32-31-25)27(33)30-17-20-14-15-29-18-24(20)28/h10-13,16,20-21,24,29H,2-9,14-15,17-18H2,1H3,(H,30,33). The monoisotopic (exact) mass is 468 g/mol. The minimum atomic E-state index is -0.943. The van der Waals surface area contributed by atoms with E-state index in [2.05, 4.69) is 27.8 Å². The second-order valence-corrected chi connectivity index (χ2v) is 9.57. The van der Waals surface area contributed by atoms with Crippen LogP contribution in [0.15, 0.2) is 30.3 Å². The maximum absolute atomic E-state index is 14.1. The average molecular weight is 469 g/mol. The van der Waals surface area contributed by atoms with Gasteiger partial charge < -0.3 is 15.4 Å². The van der Waals surface area contributed by atoms with Gasteiger partial charge in [-0.05, 0) is 75.3 Å². The summed E-state index contributed by atoms with van der Waals surface area (Å²) < 4.78 is 20.3. The molecule has 2 unspecified atom stereocenters. The fourth-order valence-corrected chi connectivity index (χ4v) is 4.81. The summed E-state index contributed by atoms with van der Waals surface area (Å²) in [6.07, 6.45) is 8.96. The molecular weight excluding hydrogens is 431 g/mol. The van der Waals surface area contributed by atoms with Gasteiger partial charge >= 0.3 is 0 Å². The highest BCUT2D eigenvalue weighted by atomic mass is 19.1. The molecule has 1 saturated carbocycles. The number of ether oxygens (including phenoxy) is 1. The number of carbonyl (C=O) groups is 1. The summed E-state index contributed by atoms with van der Waals surface area (Å²) in [4.78, 5) is 12.8. The van der Waals surface area contributed by atoms with E-state index in [1.165, 1.54) is 19.3 Å². The van der Waals surface area contributed by atoms with Gasteiger partial charge in [-0.25, -0.2) is 4.39 Å². The molecule has 2 N–H and O–H groups in total. The molecule has 6 nitrogen and oxygen atoms in total. The molecule has 1 aliphatic carbocycles. The Morgan fingerprint density at radius 3 is 2.68 bits per heavy atom. The first-order chi connectivity index (χ1) is 16.6. The lowest BCUT2D eigenvalue weighted by Crippen LogP contribution is -2.43. The van der Waals surface area contributed by atoms with Crippen molar-refractivity contribution in [3.63, 3.8) is 0 Å². The van der Waals surface area contributed by atoms with Crippen LogP contribution < -0.4 is 15.4 Å². The largest absolute Gasteiger partial charge is 0.490 e. The van der Waals surface area contributed by atoms with Crippen molar-refractivity contribution in [3.05, 3.63) is 41.7 Å². The Morgan fingerprint density at radius 2 is 1.94 bits per heavy atom. The molecule has 2 fully saturated rings. The minimum Gasteiger partial charge on any atom is -0.490 e. The van der Waals surface area contributed by atoms with Crippen molar-refractivity contribution in [2.45, 2.75) is 77.0 Å². The molecule has 2 heterocycles. The molecule has 2 atom stereocenters. The van der Waals surface area contributed by atoms with E-state index in [-0.39, 0.29) is 17.5 Å². The Balaban J connectivity index is 1.47. The highest BCUT2D eigenvalue weighted by molar-refractivity contribution is 5.93. The summed E-state index contributed by atoms with van der Waals surface area (Å²) in [5.74, 6) is 0.408. The number of hydrogen-bond acceptors (Lipinski definition) is 5. The van der Waals surface area contributed by atoms with Crippen molar-refractivity contribution in [2.24, 2.45) is 5.92 Å². The topological polar surface area (TPSA) is 76.1 Å². The number of unbranched alkanes of at least 4 members (excludes halogenated alkanes) is 1. The number of aryl methyl sites for hydroxylation is 1. The summed E-state index contributed by atoms with van der Waals surface area (Å²) in [5.41, 5.74) is 3.07. The molecule has 1 aliphatic heterocycles. The molecule has 1 amide bonds. The third-order valence-electron chi connectivity index (χ3n) is 6.96. The van der Waals surface area contributed by atoms with Gasteiger partial charge in [-0.1, -0.05) is 31.9 Å². The smallest absolute Gasteiger partial charge is 0.271 e. The number of halogens is 1. The van der Waals surface area contributed by atoms with E-state index < -0.39 is 6.17 Å². The molecule has 0 radical (unpaired) electrons. The Kier molecular flexibility index (Phi) is 8.85. The summed E-state index contributed by atoms with van der Waals surface area (Å²) in [6.45, 7) is 3.57. The van der Waals surface area contributed by atoms with Crippen molar-refractivity contribution < 1.29 is 13.9 Å². The van der Waals surface area contributed by atoms with Crippen LogP contribution in [0.5, 0.6) is 5.75 Å². The summed E-state index contributed by atoms with van der Waals surface area (Å²) in [5, 5.41) is 14.5. The van der Waals surface area contributed by atoms with Crippen LogP contribution in [0.3, 0.4) is 0 Å². The zero-order valence-electron chi connectivity index (χ0n) is 20.2. The molecule has 184 valence electrons. The lowest BCUT2D eigenvalue weighted by molar-refractivity contribution is 0.0922. The maximum atomic E-state index is 14.1. The predicted octanol–water partition coefficient (Wildman–Crippen LogP) is 4.88. The van der Waals surface area contributed by atoms with Crippen LogP contribution in [0.1, 0.15) is 74.5 Å². The molecule has 2 aromatic rings. The minimum absolute atomic E-state index is 0.168. The number of rotatable bonds is 9. The number of amides is 1. The van der Waals surface area contributed by atoms with Crippen molar-refractivity contribution in [1.82, 2.24) is 20.8 Å². The Morgan fingerprint density at radius 1 is 1.15 bits per heavy atom. The SMILES string of the molecule is CCCCc1nnc(C(=O)NCC2CCNCC2F)cc1-c1ccc(OC2CCCCC2)cc1. The summed E-state index contributed by atoms with van der Waals surface area (Å²) in [7, 11) is 0. The molecule has 1 aromatic carbocycles. The molecule has 0 bridgehead atoms. The normalized spacial score (nSPS) is 21.2. The van der Waals surface area contributed by atoms with Crippen LogP contribution in [-0.2, 0) is 6.42 Å². The molecule has 0 spiro atoms. The van der Waals surface area contributed by atoms with Crippen LogP contribution in [0.4, 0.5) is 4.39 Å². The zero-order valence-corrected chi connectivity index (χ0v) is 20.2. The molecular formula is C27H37FN4O2. The molecule has 1 aromatic heterocycles. The average Bonchev–Trinajstić information content (AvgIpc) is 2.88. The summed E-state index contributed by atoms with van der Waals surface area (Å²) in [6, 6.07) is 9.90. The van der Waals surface area contributed by atoms with E-state index in [4.69, 9.17) is 4.74 Å². The first-order valence-corrected chi connectivity index (χ1v) is 12.9. The molecule has 4 rings (SSSR count). The van der Waals surface area contributed by atoms with Crippen LogP contribution in [0.25, 0.3) is 11.1 Å². The van der Waals surface area contributed by atoms with Gasteiger partial charge in [-0.15, -0.1) is 5.10 Å². The third-order valence-corrected chi connectivity index (χ3v) is 6.96.